The van der Waals surface area contributed by atoms with Crippen LogP contribution in [0, 0.1) is 5.41 Å². The number of ketones is 1. The van der Waals surface area contributed by atoms with Crippen LogP contribution in [0.4, 0.5) is 0 Å². The molecule has 0 saturated carbocycles. The second kappa shape index (κ2) is 6.55. The molecule has 1 aliphatic heterocycles. The summed E-state index contributed by atoms with van der Waals surface area (Å²) in [4.78, 5) is 28.0. The summed E-state index contributed by atoms with van der Waals surface area (Å²) in [5.74, 6) is 1.58. The van der Waals surface area contributed by atoms with E-state index in [0.717, 1.165) is 16.0 Å². The highest BCUT2D eigenvalue weighted by atomic mass is 32.1. The fraction of sp³-hybridized carbons (Fsp3) is 0.261. The fourth-order valence-electron chi connectivity index (χ4n) is 4.54. The highest BCUT2D eigenvalue weighted by Gasteiger charge is 2.44. The summed E-state index contributed by atoms with van der Waals surface area (Å²) in [6, 6.07) is 7.84. The third-order valence-electron chi connectivity index (χ3n) is 5.82. The minimum atomic E-state index is -0.340. The molecule has 7 nitrogen and oxygen atoms in total. The molecule has 0 saturated heterocycles. The first kappa shape index (κ1) is 18.4. The lowest BCUT2D eigenvalue weighted by Crippen LogP contribution is -2.33. The number of pyridine rings is 1. The highest BCUT2D eigenvalue weighted by Crippen LogP contribution is 2.50. The Morgan fingerprint density at radius 3 is 2.90 bits per heavy atom. The van der Waals surface area contributed by atoms with Crippen molar-refractivity contribution in [1.29, 1.82) is 0 Å². The molecule has 4 aromatic rings. The summed E-state index contributed by atoms with van der Waals surface area (Å²) in [6.07, 6.45) is 6.32. The zero-order chi connectivity index (χ0) is 21.2. The SMILES string of the molecule is CC1(C)CC(=O)C2=C(C1)Oc1ncn3nc(-c4cccs4)nc3c1C2c1cccnc1. The van der Waals surface area contributed by atoms with E-state index in [1.54, 1.807) is 34.6 Å². The van der Waals surface area contributed by atoms with E-state index in [2.05, 4.69) is 28.9 Å². The third-order valence-corrected chi connectivity index (χ3v) is 6.69. The molecule has 0 spiro atoms. The molecule has 8 heteroatoms. The summed E-state index contributed by atoms with van der Waals surface area (Å²) >= 11 is 1.58. The molecule has 0 bridgehead atoms. The van der Waals surface area contributed by atoms with E-state index in [4.69, 9.17) is 9.72 Å². The number of Topliss-reactive ketones (excluding diaryl/α,β-unsaturated/α-hetero) is 1. The fourth-order valence-corrected chi connectivity index (χ4v) is 5.19. The Labute approximate surface area is 182 Å². The predicted octanol–water partition coefficient (Wildman–Crippen LogP) is 4.42. The Bertz CT molecular complexity index is 1360. The monoisotopic (exact) mass is 429 g/mol. The summed E-state index contributed by atoms with van der Waals surface area (Å²) in [5.41, 5.74) is 2.86. The van der Waals surface area contributed by atoms with Gasteiger partial charge in [0.2, 0.25) is 5.88 Å². The van der Waals surface area contributed by atoms with Gasteiger partial charge in [-0.1, -0.05) is 26.0 Å². The van der Waals surface area contributed by atoms with E-state index in [1.807, 2.05) is 29.6 Å². The maximum absolute atomic E-state index is 13.3. The number of fused-ring (bicyclic) bond motifs is 3. The molecule has 1 unspecified atom stereocenters. The van der Waals surface area contributed by atoms with Gasteiger partial charge in [0, 0.05) is 30.8 Å². The lowest BCUT2D eigenvalue weighted by molar-refractivity contribution is -0.118. The van der Waals surface area contributed by atoms with Crippen LogP contribution >= 0.6 is 11.3 Å². The number of carbonyl (C=O) groups is 1. The zero-order valence-corrected chi connectivity index (χ0v) is 17.9. The summed E-state index contributed by atoms with van der Waals surface area (Å²) in [6.45, 7) is 4.18. The lowest BCUT2D eigenvalue weighted by atomic mass is 9.70. The molecular formula is C23H19N5O2S. The van der Waals surface area contributed by atoms with Crippen LogP contribution in [0.15, 0.2) is 59.7 Å². The van der Waals surface area contributed by atoms with E-state index in [-0.39, 0.29) is 17.1 Å². The van der Waals surface area contributed by atoms with Gasteiger partial charge in [-0.3, -0.25) is 9.78 Å². The molecule has 0 N–H and O–H groups in total. The molecule has 0 radical (unpaired) electrons. The van der Waals surface area contributed by atoms with Crippen LogP contribution in [0.3, 0.4) is 0 Å². The Morgan fingerprint density at radius 1 is 1.23 bits per heavy atom. The average Bonchev–Trinajstić information content (AvgIpc) is 3.41. The van der Waals surface area contributed by atoms with Crippen molar-refractivity contribution in [3.63, 3.8) is 0 Å². The van der Waals surface area contributed by atoms with Gasteiger partial charge in [-0.25, -0.2) is 14.5 Å². The predicted molar refractivity (Wildman–Crippen MR) is 116 cm³/mol. The van der Waals surface area contributed by atoms with Crippen LogP contribution in [0.1, 0.15) is 43.7 Å². The lowest BCUT2D eigenvalue weighted by Gasteiger charge is -2.37. The first-order valence-corrected chi connectivity index (χ1v) is 11.0. The van der Waals surface area contributed by atoms with Crippen molar-refractivity contribution in [3.8, 4) is 16.6 Å². The molecule has 1 aliphatic carbocycles. The molecule has 0 aromatic carbocycles. The maximum Gasteiger partial charge on any atom is 0.228 e. The highest BCUT2D eigenvalue weighted by molar-refractivity contribution is 7.13. The standard InChI is InChI=1S/C23H19N5O2S/c1-23(2)9-14(29)18-15(10-23)30-22-19(17(18)13-5-3-7-24-11-13)21-26-20(16-6-4-8-31-16)27-28(21)12-25-22/h3-8,11-12,17H,9-10H2,1-2H3. The van der Waals surface area contributed by atoms with Crippen LogP contribution in [-0.2, 0) is 4.79 Å². The molecular weight excluding hydrogens is 410 g/mol. The first-order valence-electron chi connectivity index (χ1n) is 10.1. The number of aromatic nitrogens is 5. The average molecular weight is 430 g/mol. The van der Waals surface area contributed by atoms with Crippen molar-refractivity contribution >= 4 is 22.8 Å². The molecule has 5 heterocycles. The van der Waals surface area contributed by atoms with Crippen LogP contribution in [-0.4, -0.2) is 30.3 Å². The third kappa shape index (κ3) is 2.90. The van der Waals surface area contributed by atoms with E-state index in [1.165, 1.54) is 0 Å². The minimum absolute atomic E-state index is 0.103. The number of hydrogen-bond donors (Lipinski definition) is 0. The van der Waals surface area contributed by atoms with Crippen LogP contribution in [0.25, 0.3) is 16.3 Å². The Hall–Kier alpha value is -3.39. The quantitative estimate of drug-likeness (QED) is 0.469. The van der Waals surface area contributed by atoms with Gasteiger partial charge in [0.15, 0.2) is 17.3 Å². The number of ether oxygens (including phenoxy) is 1. The van der Waals surface area contributed by atoms with Crippen LogP contribution in [0.2, 0.25) is 0 Å². The Balaban J connectivity index is 1.62. The van der Waals surface area contributed by atoms with E-state index < -0.39 is 0 Å². The van der Waals surface area contributed by atoms with Crippen molar-refractivity contribution < 1.29 is 9.53 Å². The Morgan fingerprint density at radius 2 is 2.13 bits per heavy atom. The van der Waals surface area contributed by atoms with E-state index in [0.29, 0.717) is 41.5 Å². The van der Waals surface area contributed by atoms with Gasteiger partial charge < -0.3 is 4.74 Å². The maximum atomic E-state index is 13.3. The molecule has 0 amide bonds. The molecule has 4 aromatic heterocycles. The van der Waals surface area contributed by atoms with E-state index in [9.17, 15) is 4.79 Å². The van der Waals surface area contributed by atoms with Crippen molar-refractivity contribution in [1.82, 2.24) is 24.6 Å². The second-order valence-corrected chi connectivity index (χ2v) is 9.69. The molecule has 6 rings (SSSR count). The summed E-state index contributed by atoms with van der Waals surface area (Å²) in [5, 5.41) is 6.61. The van der Waals surface area contributed by atoms with Crippen molar-refractivity contribution in [2.45, 2.75) is 32.6 Å². The van der Waals surface area contributed by atoms with Gasteiger partial charge in [-0.15, -0.1) is 16.4 Å². The van der Waals surface area contributed by atoms with Gasteiger partial charge in [-0.05, 0) is 28.5 Å². The van der Waals surface area contributed by atoms with Crippen LogP contribution < -0.4 is 4.74 Å². The largest absolute Gasteiger partial charge is 0.442 e. The molecule has 31 heavy (non-hydrogen) atoms. The number of allylic oxidation sites excluding steroid dienone is 2. The van der Waals surface area contributed by atoms with Gasteiger partial charge in [0.25, 0.3) is 0 Å². The zero-order valence-electron chi connectivity index (χ0n) is 17.1. The summed E-state index contributed by atoms with van der Waals surface area (Å²) < 4.78 is 7.92. The van der Waals surface area contributed by atoms with Crippen molar-refractivity contribution in [2.24, 2.45) is 5.41 Å². The number of rotatable bonds is 2. The topological polar surface area (TPSA) is 82.3 Å². The minimum Gasteiger partial charge on any atom is -0.442 e. The van der Waals surface area contributed by atoms with Crippen molar-refractivity contribution in [2.75, 3.05) is 0 Å². The second-order valence-electron chi connectivity index (χ2n) is 8.74. The number of hydrogen-bond acceptors (Lipinski definition) is 7. The summed E-state index contributed by atoms with van der Waals surface area (Å²) in [7, 11) is 0. The van der Waals surface area contributed by atoms with Gasteiger partial charge >= 0.3 is 0 Å². The van der Waals surface area contributed by atoms with E-state index >= 15 is 0 Å². The molecule has 154 valence electrons. The number of thiophene rings is 1. The van der Waals surface area contributed by atoms with Gasteiger partial charge in [0.05, 0.1) is 16.4 Å². The van der Waals surface area contributed by atoms with Gasteiger partial charge in [0.1, 0.15) is 12.1 Å². The molecule has 0 fully saturated rings. The van der Waals surface area contributed by atoms with Gasteiger partial charge in [-0.2, -0.15) is 0 Å². The van der Waals surface area contributed by atoms with Crippen LogP contribution in [0.5, 0.6) is 5.88 Å². The first-order chi connectivity index (χ1) is 15.0. The molecule has 2 aliphatic rings. The number of carbonyl (C=O) groups excluding carboxylic acids is 1. The molecule has 1 atom stereocenters. The number of nitrogens with zero attached hydrogens (tertiary/aromatic N) is 5. The smallest absolute Gasteiger partial charge is 0.228 e. The Kier molecular flexibility index (Phi) is 3.89. The van der Waals surface area contributed by atoms with Crippen molar-refractivity contribution in [3.05, 3.63) is 70.8 Å². The normalized spacial score (nSPS) is 19.8.